The molecule has 0 bridgehead atoms. The van der Waals surface area contributed by atoms with Crippen molar-refractivity contribution in [3.63, 3.8) is 0 Å². The fraction of sp³-hybridized carbons (Fsp3) is 0.154. The highest BCUT2D eigenvalue weighted by atomic mass is 14.1. The molecule has 0 radical (unpaired) electrons. The van der Waals surface area contributed by atoms with Crippen LogP contribution in [0.5, 0.6) is 0 Å². The van der Waals surface area contributed by atoms with E-state index in [1.54, 1.807) is 0 Å². The molecule has 0 spiro atoms. The van der Waals surface area contributed by atoms with Crippen LogP contribution in [0.1, 0.15) is 42.9 Å². The minimum absolute atomic E-state index is 0.506. The fourth-order valence-electron chi connectivity index (χ4n) is 3.09. The average Bonchev–Trinajstić information content (AvgIpc) is 2.70. The molecule has 0 aromatic heterocycles. The standard InChI is InChI=1S/C26H26/c1-3-4-8-24(23-9-6-5-7-10-23)18-13-22-14-19-26(20-15-22)25-16-11-21(2)12-17-25/h3-16,18-20,25H,17H2,1-2H3/b4-3+,18-13-,24-8+. The molecule has 0 heteroatoms. The van der Waals surface area contributed by atoms with Gasteiger partial charge < -0.3 is 0 Å². The van der Waals surface area contributed by atoms with Crippen LogP contribution in [0.25, 0.3) is 11.6 Å². The zero-order valence-electron chi connectivity index (χ0n) is 15.6. The van der Waals surface area contributed by atoms with Gasteiger partial charge in [-0.2, -0.15) is 0 Å². The van der Waals surface area contributed by atoms with E-state index in [0.717, 1.165) is 6.42 Å². The van der Waals surface area contributed by atoms with Crippen molar-refractivity contribution in [3.05, 3.63) is 119 Å². The summed E-state index contributed by atoms with van der Waals surface area (Å²) in [5, 5.41) is 0. The molecule has 0 amide bonds. The van der Waals surface area contributed by atoms with Crippen LogP contribution in [-0.4, -0.2) is 0 Å². The second kappa shape index (κ2) is 9.01. The Kier molecular flexibility index (Phi) is 6.22. The summed E-state index contributed by atoms with van der Waals surface area (Å²) in [6.45, 7) is 4.20. The highest BCUT2D eigenvalue weighted by Gasteiger charge is 2.09. The molecule has 1 unspecified atom stereocenters. The first-order valence-corrected chi connectivity index (χ1v) is 9.27. The molecule has 0 nitrogen and oxygen atoms in total. The Balaban J connectivity index is 1.75. The molecule has 1 aliphatic rings. The lowest BCUT2D eigenvalue weighted by atomic mass is 9.90. The quantitative estimate of drug-likeness (QED) is 0.500. The molecule has 1 atom stereocenters. The van der Waals surface area contributed by atoms with Gasteiger partial charge in [0.05, 0.1) is 0 Å². The Bertz CT molecular complexity index is 856. The largest absolute Gasteiger partial charge is 0.0876 e. The normalized spacial score (nSPS) is 17.8. The topological polar surface area (TPSA) is 0 Å². The predicted octanol–water partition coefficient (Wildman–Crippen LogP) is 7.35. The van der Waals surface area contributed by atoms with E-state index in [0.29, 0.717) is 5.92 Å². The van der Waals surface area contributed by atoms with Crippen molar-refractivity contribution in [2.75, 3.05) is 0 Å². The molecule has 0 saturated heterocycles. The summed E-state index contributed by atoms with van der Waals surface area (Å²) in [5.74, 6) is 0.506. The summed E-state index contributed by atoms with van der Waals surface area (Å²) < 4.78 is 0. The second-order valence-corrected chi connectivity index (χ2v) is 6.66. The van der Waals surface area contributed by atoms with E-state index in [-0.39, 0.29) is 0 Å². The maximum atomic E-state index is 2.32. The van der Waals surface area contributed by atoms with Gasteiger partial charge in [0.2, 0.25) is 0 Å². The molecule has 0 aliphatic heterocycles. The summed E-state index contributed by atoms with van der Waals surface area (Å²) >= 11 is 0. The van der Waals surface area contributed by atoms with Gasteiger partial charge in [0.15, 0.2) is 0 Å². The van der Waals surface area contributed by atoms with E-state index in [1.807, 2.05) is 6.92 Å². The number of allylic oxidation sites excluding steroid dienone is 9. The highest BCUT2D eigenvalue weighted by molar-refractivity contribution is 5.79. The van der Waals surface area contributed by atoms with Gasteiger partial charge in [0.25, 0.3) is 0 Å². The van der Waals surface area contributed by atoms with Gasteiger partial charge in [-0.1, -0.05) is 109 Å². The average molecular weight is 338 g/mol. The predicted molar refractivity (Wildman–Crippen MR) is 115 cm³/mol. The van der Waals surface area contributed by atoms with Crippen molar-refractivity contribution in [2.24, 2.45) is 0 Å². The first-order valence-electron chi connectivity index (χ1n) is 9.27. The lowest BCUT2D eigenvalue weighted by Crippen LogP contribution is -1.97. The maximum Gasteiger partial charge on any atom is 0.00559 e. The summed E-state index contributed by atoms with van der Waals surface area (Å²) in [4.78, 5) is 0. The summed E-state index contributed by atoms with van der Waals surface area (Å²) in [7, 11) is 0. The van der Waals surface area contributed by atoms with Gasteiger partial charge >= 0.3 is 0 Å². The molecule has 2 aromatic carbocycles. The van der Waals surface area contributed by atoms with Crippen LogP contribution in [0.4, 0.5) is 0 Å². The van der Waals surface area contributed by atoms with Gasteiger partial charge in [0.1, 0.15) is 0 Å². The summed E-state index contributed by atoms with van der Waals surface area (Å²) in [6.07, 6.45) is 18.6. The SMILES string of the molecule is C/C=C/C=C(\C=C/c1ccc(C2C=CC(C)=CC2)cc1)c1ccccc1. The van der Waals surface area contributed by atoms with Crippen molar-refractivity contribution in [2.45, 2.75) is 26.2 Å². The molecule has 0 heterocycles. The minimum atomic E-state index is 0.506. The van der Waals surface area contributed by atoms with E-state index in [1.165, 1.54) is 27.8 Å². The molecule has 26 heavy (non-hydrogen) atoms. The third kappa shape index (κ3) is 4.83. The number of hydrogen-bond donors (Lipinski definition) is 0. The highest BCUT2D eigenvalue weighted by Crippen LogP contribution is 2.27. The maximum absolute atomic E-state index is 2.32. The number of hydrogen-bond acceptors (Lipinski definition) is 0. The summed E-state index contributed by atoms with van der Waals surface area (Å²) in [5.41, 5.74) is 6.41. The molecule has 130 valence electrons. The van der Waals surface area contributed by atoms with Gasteiger partial charge in [-0.25, -0.2) is 0 Å². The fourth-order valence-corrected chi connectivity index (χ4v) is 3.09. The van der Waals surface area contributed by atoms with Gasteiger partial charge in [0, 0.05) is 5.92 Å². The molecule has 3 rings (SSSR count). The minimum Gasteiger partial charge on any atom is -0.0876 e. The first-order chi connectivity index (χ1) is 12.8. The van der Waals surface area contributed by atoms with E-state index in [9.17, 15) is 0 Å². The van der Waals surface area contributed by atoms with Crippen molar-refractivity contribution in [1.82, 2.24) is 0 Å². The van der Waals surface area contributed by atoms with Crippen molar-refractivity contribution >= 4 is 11.6 Å². The van der Waals surface area contributed by atoms with E-state index in [2.05, 4.69) is 110 Å². The third-order valence-electron chi connectivity index (χ3n) is 4.68. The van der Waals surface area contributed by atoms with Gasteiger partial charge in [-0.15, -0.1) is 0 Å². The monoisotopic (exact) mass is 338 g/mol. The molecular formula is C26H26. The van der Waals surface area contributed by atoms with E-state index in [4.69, 9.17) is 0 Å². The van der Waals surface area contributed by atoms with Crippen LogP contribution in [0.3, 0.4) is 0 Å². The van der Waals surface area contributed by atoms with Crippen LogP contribution < -0.4 is 0 Å². The Morgan fingerprint density at radius 2 is 1.77 bits per heavy atom. The van der Waals surface area contributed by atoms with Crippen LogP contribution in [0.2, 0.25) is 0 Å². The zero-order chi connectivity index (χ0) is 18.2. The lowest BCUT2D eigenvalue weighted by Gasteiger charge is -2.15. The van der Waals surface area contributed by atoms with E-state index < -0.39 is 0 Å². The Labute approximate surface area is 157 Å². The molecule has 0 saturated carbocycles. The molecular weight excluding hydrogens is 312 g/mol. The van der Waals surface area contributed by atoms with Crippen LogP contribution in [0, 0.1) is 0 Å². The Morgan fingerprint density at radius 3 is 2.42 bits per heavy atom. The number of rotatable bonds is 5. The van der Waals surface area contributed by atoms with Crippen LogP contribution >= 0.6 is 0 Å². The van der Waals surface area contributed by atoms with Crippen LogP contribution in [-0.2, 0) is 0 Å². The summed E-state index contributed by atoms with van der Waals surface area (Å²) in [6, 6.07) is 19.4. The zero-order valence-corrected chi connectivity index (χ0v) is 15.6. The van der Waals surface area contributed by atoms with E-state index >= 15 is 0 Å². The van der Waals surface area contributed by atoms with Gasteiger partial charge in [-0.3, -0.25) is 0 Å². The van der Waals surface area contributed by atoms with Gasteiger partial charge in [-0.05, 0) is 42.5 Å². The van der Waals surface area contributed by atoms with Crippen molar-refractivity contribution < 1.29 is 0 Å². The number of benzene rings is 2. The smallest absolute Gasteiger partial charge is 0.00559 e. The first kappa shape index (κ1) is 17.9. The molecule has 0 fully saturated rings. The molecule has 0 N–H and O–H groups in total. The van der Waals surface area contributed by atoms with Crippen molar-refractivity contribution in [1.29, 1.82) is 0 Å². The third-order valence-corrected chi connectivity index (χ3v) is 4.68. The second-order valence-electron chi connectivity index (χ2n) is 6.66. The van der Waals surface area contributed by atoms with Crippen molar-refractivity contribution in [3.8, 4) is 0 Å². The van der Waals surface area contributed by atoms with Crippen LogP contribution in [0.15, 0.2) is 103 Å². The Hall–Kier alpha value is -2.86. The Morgan fingerprint density at radius 1 is 1.00 bits per heavy atom. The lowest BCUT2D eigenvalue weighted by molar-refractivity contribution is 0.845. The molecule has 2 aromatic rings. The molecule has 1 aliphatic carbocycles.